The van der Waals surface area contributed by atoms with E-state index in [1.165, 1.54) is 6.07 Å². The first-order chi connectivity index (χ1) is 14.1. The van der Waals surface area contributed by atoms with Crippen LogP contribution in [0.3, 0.4) is 0 Å². The monoisotopic (exact) mass is 404 g/mol. The van der Waals surface area contributed by atoms with Gasteiger partial charge in [-0.1, -0.05) is 41.9 Å². The lowest BCUT2D eigenvalue weighted by Gasteiger charge is -2.13. The molecule has 4 rings (SSSR count). The van der Waals surface area contributed by atoms with E-state index in [1.54, 1.807) is 24.3 Å². The highest BCUT2D eigenvalue weighted by Crippen LogP contribution is 2.24. The summed E-state index contributed by atoms with van der Waals surface area (Å²) in [4.78, 5) is 24.8. The van der Waals surface area contributed by atoms with Gasteiger partial charge in [0, 0.05) is 29.0 Å². The average molecular weight is 405 g/mol. The van der Waals surface area contributed by atoms with Crippen molar-refractivity contribution in [1.82, 2.24) is 14.3 Å². The molecule has 0 atom stereocenters. The molecule has 2 aromatic carbocycles. The molecule has 0 saturated heterocycles. The molecular weight excluding hydrogens is 388 g/mol. The molecule has 2 aromatic heterocycles. The highest BCUT2D eigenvalue weighted by molar-refractivity contribution is 6.30. The summed E-state index contributed by atoms with van der Waals surface area (Å²) in [5.74, 6) is -0.361. The smallest absolute Gasteiger partial charge is 0.267 e. The van der Waals surface area contributed by atoms with E-state index in [1.807, 2.05) is 59.4 Å². The number of aromatic nitrogens is 3. The molecule has 0 unspecified atom stereocenters. The van der Waals surface area contributed by atoms with E-state index < -0.39 is 0 Å². The minimum absolute atomic E-state index is 0.201. The number of rotatable bonds is 5. The first-order valence-electron chi connectivity index (χ1n) is 8.96. The second-order valence-electron chi connectivity index (χ2n) is 6.38. The van der Waals surface area contributed by atoms with Gasteiger partial charge in [0.15, 0.2) is 0 Å². The molecule has 144 valence electrons. The molecular formula is C22H17ClN4O2. The Balaban J connectivity index is 1.58. The summed E-state index contributed by atoms with van der Waals surface area (Å²) in [7, 11) is 0. The topological polar surface area (TPSA) is 68.9 Å². The fourth-order valence-corrected chi connectivity index (χ4v) is 3.14. The lowest BCUT2D eigenvalue weighted by molar-refractivity contribution is -0.117. The van der Waals surface area contributed by atoms with Crippen LogP contribution in [0.2, 0.25) is 5.02 Å². The van der Waals surface area contributed by atoms with E-state index in [0.29, 0.717) is 16.4 Å². The Hall–Kier alpha value is -3.64. The molecule has 0 aliphatic rings. The third-order valence-electron chi connectivity index (χ3n) is 4.35. The number of halogens is 1. The van der Waals surface area contributed by atoms with Gasteiger partial charge in [0.2, 0.25) is 5.91 Å². The number of amides is 1. The van der Waals surface area contributed by atoms with Crippen LogP contribution in [0.25, 0.3) is 16.9 Å². The third-order valence-corrected chi connectivity index (χ3v) is 4.58. The Morgan fingerprint density at radius 2 is 1.72 bits per heavy atom. The van der Waals surface area contributed by atoms with Gasteiger partial charge in [-0.2, -0.15) is 5.10 Å². The maximum absolute atomic E-state index is 12.6. The van der Waals surface area contributed by atoms with E-state index in [4.69, 9.17) is 11.6 Å². The van der Waals surface area contributed by atoms with Crippen LogP contribution in [0.5, 0.6) is 0 Å². The molecule has 0 saturated carbocycles. The van der Waals surface area contributed by atoms with Crippen molar-refractivity contribution in [2.24, 2.45) is 0 Å². The number of anilines is 1. The minimum atomic E-state index is -0.361. The highest BCUT2D eigenvalue weighted by atomic mass is 35.5. The van der Waals surface area contributed by atoms with Crippen LogP contribution in [-0.2, 0) is 11.3 Å². The molecule has 4 aromatic rings. The SMILES string of the molecule is O=C(Cn1nc(-c2ccccc2)ccc1=O)Nc1ccc(Cl)cc1-n1cccc1. The number of benzene rings is 2. The Kier molecular flexibility index (Phi) is 5.27. The number of nitrogens with one attached hydrogen (secondary N) is 1. The average Bonchev–Trinajstić information content (AvgIpc) is 3.26. The number of hydrogen-bond acceptors (Lipinski definition) is 3. The van der Waals surface area contributed by atoms with E-state index in [-0.39, 0.29) is 18.0 Å². The van der Waals surface area contributed by atoms with Crippen LogP contribution >= 0.6 is 11.6 Å². The van der Waals surface area contributed by atoms with Crippen LogP contribution in [0.15, 0.2) is 90.0 Å². The fraction of sp³-hybridized carbons (Fsp3) is 0.0455. The molecule has 2 heterocycles. The van der Waals surface area contributed by atoms with Crippen molar-refractivity contribution >= 4 is 23.2 Å². The molecule has 0 radical (unpaired) electrons. The van der Waals surface area contributed by atoms with E-state index >= 15 is 0 Å². The Labute approximate surface area is 172 Å². The van der Waals surface area contributed by atoms with Crippen molar-refractivity contribution < 1.29 is 4.79 Å². The summed E-state index contributed by atoms with van der Waals surface area (Å²) in [6, 6.07) is 21.5. The largest absolute Gasteiger partial charge is 0.323 e. The van der Waals surface area contributed by atoms with Gasteiger partial charge in [-0.05, 0) is 36.4 Å². The van der Waals surface area contributed by atoms with Gasteiger partial charge in [-0.25, -0.2) is 4.68 Å². The summed E-state index contributed by atoms with van der Waals surface area (Å²) >= 11 is 6.11. The van der Waals surface area contributed by atoms with Crippen molar-refractivity contribution in [1.29, 1.82) is 0 Å². The van der Waals surface area contributed by atoms with Crippen molar-refractivity contribution in [3.63, 3.8) is 0 Å². The van der Waals surface area contributed by atoms with Gasteiger partial charge < -0.3 is 9.88 Å². The number of carbonyl (C=O) groups excluding carboxylic acids is 1. The Bertz CT molecular complexity index is 1200. The van der Waals surface area contributed by atoms with E-state index in [9.17, 15) is 9.59 Å². The Morgan fingerprint density at radius 3 is 2.48 bits per heavy atom. The molecule has 0 aliphatic heterocycles. The molecule has 0 bridgehead atoms. The predicted octanol–water partition coefficient (Wildman–Crippen LogP) is 3.99. The van der Waals surface area contributed by atoms with Gasteiger partial charge in [0.05, 0.1) is 17.1 Å². The zero-order valence-corrected chi connectivity index (χ0v) is 16.1. The molecule has 6 nitrogen and oxygen atoms in total. The summed E-state index contributed by atoms with van der Waals surface area (Å²) in [6.07, 6.45) is 3.72. The molecule has 0 fully saturated rings. The van der Waals surface area contributed by atoms with Crippen LogP contribution in [0.1, 0.15) is 0 Å². The van der Waals surface area contributed by atoms with Gasteiger partial charge in [-0.15, -0.1) is 0 Å². The first-order valence-corrected chi connectivity index (χ1v) is 9.34. The van der Waals surface area contributed by atoms with Crippen molar-refractivity contribution in [2.75, 3.05) is 5.32 Å². The zero-order chi connectivity index (χ0) is 20.2. The number of carbonyl (C=O) groups is 1. The third kappa shape index (κ3) is 4.28. The van der Waals surface area contributed by atoms with Crippen molar-refractivity contribution in [3.05, 3.63) is 101 Å². The number of nitrogens with zero attached hydrogens (tertiary/aromatic N) is 3. The summed E-state index contributed by atoms with van der Waals surface area (Å²) in [6.45, 7) is -0.201. The standard InChI is InChI=1S/C22H17ClN4O2/c23-17-8-9-19(20(14-17)26-12-4-5-13-26)24-21(28)15-27-22(29)11-10-18(25-27)16-6-2-1-3-7-16/h1-14H,15H2,(H,24,28). The van der Waals surface area contributed by atoms with Crippen molar-refractivity contribution in [3.8, 4) is 16.9 Å². The molecule has 0 aliphatic carbocycles. The summed E-state index contributed by atoms with van der Waals surface area (Å²) in [5.41, 5.74) is 2.46. The van der Waals surface area contributed by atoms with Crippen LogP contribution in [-0.4, -0.2) is 20.3 Å². The normalized spacial score (nSPS) is 10.7. The summed E-state index contributed by atoms with van der Waals surface area (Å²) < 4.78 is 3.00. The molecule has 7 heteroatoms. The zero-order valence-electron chi connectivity index (χ0n) is 15.3. The number of hydrogen-bond donors (Lipinski definition) is 1. The van der Waals surface area contributed by atoms with Crippen LogP contribution in [0, 0.1) is 0 Å². The first kappa shape index (κ1) is 18.7. The second kappa shape index (κ2) is 8.16. The van der Waals surface area contributed by atoms with Gasteiger partial charge in [0.25, 0.3) is 5.56 Å². The molecule has 29 heavy (non-hydrogen) atoms. The maximum atomic E-state index is 12.6. The van der Waals surface area contributed by atoms with Gasteiger partial charge in [0.1, 0.15) is 6.54 Å². The van der Waals surface area contributed by atoms with Crippen LogP contribution in [0.4, 0.5) is 5.69 Å². The van der Waals surface area contributed by atoms with E-state index in [0.717, 1.165) is 15.9 Å². The quantitative estimate of drug-likeness (QED) is 0.546. The van der Waals surface area contributed by atoms with E-state index in [2.05, 4.69) is 10.4 Å². The lowest BCUT2D eigenvalue weighted by Crippen LogP contribution is -2.29. The molecule has 1 amide bonds. The predicted molar refractivity (Wildman–Crippen MR) is 113 cm³/mol. The summed E-state index contributed by atoms with van der Waals surface area (Å²) in [5, 5.41) is 7.73. The maximum Gasteiger partial charge on any atom is 0.267 e. The minimum Gasteiger partial charge on any atom is -0.323 e. The Morgan fingerprint density at radius 1 is 0.966 bits per heavy atom. The fourth-order valence-electron chi connectivity index (χ4n) is 2.97. The van der Waals surface area contributed by atoms with Crippen molar-refractivity contribution in [2.45, 2.75) is 6.54 Å². The van der Waals surface area contributed by atoms with Gasteiger partial charge in [-0.3, -0.25) is 9.59 Å². The highest BCUT2D eigenvalue weighted by Gasteiger charge is 2.12. The molecule has 0 spiro atoms. The lowest BCUT2D eigenvalue weighted by atomic mass is 10.1. The second-order valence-corrected chi connectivity index (χ2v) is 6.82. The van der Waals surface area contributed by atoms with Gasteiger partial charge >= 0.3 is 0 Å². The molecule has 1 N–H and O–H groups in total. The van der Waals surface area contributed by atoms with Crippen LogP contribution < -0.4 is 10.9 Å².